The average Bonchev–Trinajstić information content (AvgIpc) is 2.62. The summed E-state index contributed by atoms with van der Waals surface area (Å²) in [5, 5.41) is 3.08. The second-order valence-corrected chi connectivity index (χ2v) is 3.92. The van der Waals surface area contributed by atoms with Crippen LogP contribution in [0.1, 0.15) is 16.1 Å². The van der Waals surface area contributed by atoms with E-state index in [0.29, 0.717) is 17.2 Å². The van der Waals surface area contributed by atoms with Crippen molar-refractivity contribution >= 4 is 23.6 Å². The monoisotopic (exact) mass is 253 g/mol. The molecule has 6 nitrogen and oxygen atoms in total. The molecule has 0 aliphatic carbocycles. The van der Waals surface area contributed by atoms with Crippen molar-refractivity contribution in [2.24, 2.45) is 0 Å². The highest BCUT2D eigenvalue weighted by Gasteiger charge is 2.14. The van der Waals surface area contributed by atoms with Gasteiger partial charge in [0.25, 0.3) is 5.91 Å². The molecule has 0 radical (unpaired) electrons. The van der Waals surface area contributed by atoms with Crippen LogP contribution in [-0.2, 0) is 0 Å². The van der Waals surface area contributed by atoms with Gasteiger partial charge in [-0.3, -0.25) is 10.2 Å². The molecule has 0 atom stereocenters. The number of fused-ring (bicyclic) bond motifs is 1. The van der Waals surface area contributed by atoms with Crippen LogP contribution in [0.2, 0.25) is 0 Å². The number of rotatable bonds is 2. The topological polar surface area (TPSA) is 78.9 Å². The van der Waals surface area contributed by atoms with E-state index in [1.54, 1.807) is 12.3 Å². The van der Waals surface area contributed by atoms with Gasteiger partial charge < -0.3 is 10.7 Å². The first-order valence-electron chi connectivity index (χ1n) is 5.74. The molecule has 0 fully saturated rings. The summed E-state index contributed by atoms with van der Waals surface area (Å²) >= 11 is 0. The minimum Gasteiger partial charge on any atom is -0.324 e. The molecule has 2 aromatic rings. The number of benzene rings is 1. The summed E-state index contributed by atoms with van der Waals surface area (Å²) < 4.78 is 0. The molecular formula is C13H11N5O. The molecule has 0 unspecified atom stereocenters. The highest BCUT2D eigenvalue weighted by Crippen LogP contribution is 2.15. The van der Waals surface area contributed by atoms with Crippen LogP contribution >= 0.6 is 0 Å². The van der Waals surface area contributed by atoms with E-state index in [1.807, 2.05) is 30.3 Å². The first-order chi connectivity index (χ1) is 9.33. The second kappa shape index (κ2) is 4.77. The van der Waals surface area contributed by atoms with E-state index in [9.17, 15) is 4.79 Å². The third kappa shape index (κ3) is 2.37. The predicted molar refractivity (Wildman–Crippen MR) is 71.4 cm³/mol. The van der Waals surface area contributed by atoms with E-state index >= 15 is 0 Å². The Balaban J connectivity index is 1.93. The van der Waals surface area contributed by atoms with Gasteiger partial charge in [-0.25, -0.2) is 9.97 Å². The lowest BCUT2D eigenvalue weighted by molar-refractivity contribution is 0.0941. The quantitative estimate of drug-likeness (QED) is 0.754. The number of nitrogens with zero attached hydrogens (tertiary/aromatic N) is 2. The number of amides is 1. The van der Waals surface area contributed by atoms with E-state index in [-0.39, 0.29) is 5.91 Å². The number of carbonyl (C=O) groups excluding carboxylic acids is 1. The Morgan fingerprint density at radius 2 is 2.00 bits per heavy atom. The van der Waals surface area contributed by atoms with Gasteiger partial charge in [0.05, 0.1) is 11.3 Å². The Kier molecular flexibility index (Phi) is 2.82. The van der Waals surface area contributed by atoms with Gasteiger partial charge in [-0.15, -0.1) is 0 Å². The molecule has 94 valence electrons. The minimum atomic E-state index is -0.258. The van der Waals surface area contributed by atoms with Crippen molar-refractivity contribution in [1.82, 2.24) is 20.8 Å². The standard InChI is InChI=1S/C13H11N5O/c19-12-10-8-14-13(16-9-4-2-1-3-5-9)17-11(10)6-7-15-18-12/h1-8,15H,(H,18,19)(H,14,16,17). The van der Waals surface area contributed by atoms with Crippen LogP contribution in [0.15, 0.2) is 42.7 Å². The molecule has 0 saturated heterocycles. The van der Waals surface area contributed by atoms with Crippen LogP contribution in [0.5, 0.6) is 0 Å². The fourth-order valence-corrected chi connectivity index (χ4v) is 1.70. The lowest BCUT2D eigenvalue weighted by atomic mass is 10.2. The van der Waals surface area contributed by atoms with Crippen LogP contribution in [0, 0.1) is 0 Å². The molecule has 2 heterocycles. The second-order valence-electron chi connectivity index (χ2n) is 3.92. The molecule has 1 aliphatic heterocycles. The highest BCUT2D eigenvalue weighted by atomic mass is 16.2. The van der Waals surface area contributed by atoms with Crippen molar-refractivity contribution in [1.29, 1.82) is 0 Å². The number of aromatic nitrogens is 2. The normalized spacial score (nSPS) is 12.9. The van der Waals surface area contributed by atoms with Crippen molar-refractivity contribution in [3.63, 3.8) is 0 Å². The molecule has 1 amide bonds. The van der Waals surface area contributed by atoms with Gasteiger partial charge >= 0.3 is 0 Å². The van der Waals surface area contributed by atoms with Crippen molar-refractivity contribution in [3.05, 3.63) is 54.0 Å². The SMILES string of the molecule is O=C1NNC=Cc2nc(Nc3ccccc3)ncc21. The van der Waals surface area contributed by atoms with Gasteiger partial charge in [0.1, 0.15) is 0 Å². The van der Waals surface area contributed by atoms with Crippen LogP contribution in [0.3, 0.4) is 0 Å². The number of anilines is 2. The fourth-order valence-electron chi connectivity index (χ4n) is 1.70. The molecule has 3 rings (SSSR count). The lowest BCUT2D eigenvalue weighted by Gasteiger charge is -2.07. The van der Waals surface area contributed by atoms with Crippen molar-refractivity contribution in [2.45, 2.75) is 0 Å². The fraction of sp³-hybridized carbons (Fsp3) is 0. The van der Waals surface area contributed by atoms with Crippen LogP contribution in [0.4, 0.5) is 11.6 Å². The first kappa shape index (κ1) is 11.2. The molecule has 0 bridgehead atoms. The van der Waals surface area contributed by atoms with E-state index in [0.717, 1.165) is 5.69 Å². The minimum absolute atomic E-state index is 0.258. The van der Waals surface area contributed by atoms with Gasteiger partial charge in [0.2, 0.25) is 5.95 Å². The summed E-state index contributed by atoms with van der Waals surface area (Å²) in [5.41, 5.74) is 7.03. The van der Waals surface area contributed by atoms with Crippen molar-refractivity contribution < 1.29 is 4.79 Å². The van der Waals surface area contributed by atoms with Crippen LogP contribution in [0.25, 0.3) is 6.08 Å². The maximum Gasteiger partial charge on any atom is 0.273 e. The first-order valence-corrected chi connectivity index (χ1v) is 5.74. The zero-order valence-electron chi connectivity index (χ0n) is 9.92. The van der Waals surface area contributed by atoms with E-state index in [2.05, 4.69) is 26.1 Å². The molecule has 0 saturated carbocycles. The van der Waals surface area contributed by atoms with Gasteiger partial charge in [0, 0.05) is 18.1 Å². The maximum atomic E-state index is 11.7. The lowest BCUT2D eigenvalue weighted by Crippen LogP contribution is -2.32. The Labute approximate surface area is 109 Å². The molecule has 1 aromatic heterocycles. The summed E-state index contributed by atoms with van der Waals surface area (Å²) in [6, 6.07) is 9.60. The van der Waals surface area contributed by atoms with E-state index in [1.165, 1.54) is 6.20 Å². The zero-order chi connectivity index (χ0) is 13.1. The van der Waals surface area contributed by atoms with Gasteiger partial charge in [-0.05, 0) is 18.2 Å². The maximum absolute atomic E-state index is 11.7. The molecule has 0 spiro atoms. The number of carbonyl (C=O) groups is 1. The van der Waals surface area contributed by atoms with Crippen molar-refractivity contribution in [3.8, 4) is 0 Å². The van der Waals surface area contributed by atoms with Crippen LogP contribution in [-0.4, -0.2) is 15.9 Å². The largest absolute Gasteiger partial charge is 0.324 e. The molecule has 6 heteroatoms. The Bertz CT molecular complexity index is 639. The average molecular weight is 253 g/mol. The number of nitrogens with one attached hydrogen (secondary N) is 3. The van der Waals surface area contributed by atoms with Crippen molar-refractivity contribution in [2.75, 3.05) is 5.32 Å². The van der Waals surface area contributed by atoms with E-state index in [4.69, 9.17) is 0 Å². The number of para-hydroxylation sites is 1. The Hall–Kier alpha value is -2.89. The zero-order valence-corrected chi connectivity index (χ0v) is 9.92. The van der Waals surface area contributed by atoms with Gasteiger partial charge in [-0.1, -0.05) is 18.2 Å². The van der Waals surface area contributed by atoms with Gasteiger partial charge in [-0.2, -0.15) is 0 Å². The molecule has 1 aliphatic rings. The van der Waals surface area contributed by atoms with E-state index < -0.39 is 0 Å². The summed E-state index contributed by atoms with van der Waals surface area (Å²) in [7, 11) is 0. The molecule has 3 N–H and O–H groups in total. The molecular weight excluding hydrogens is 242 g/mol. The molecule has 19 heavy (non-hydrogen) atoms. The number of hydrogen-bond donors (Lipinski definition) is 3. The predicted octanol–water partition coefficient (Wildman–Crippen LogP) is 1.44. The third-order valence-corrected chi connectivity index (χ3v) is 2.60. The number of hydrazine groups is 1. The Morgan fingerprint density at radius 3 is 2.84 bits per heavy atom. The summed E-state index contributed by atoms with van der Waals surface area (Å²) in [5.74, 6) is 0.190. The summed E-state index contributed by atoms with van der Waals surface area (Å²) in [6.45, 7) is 0. The smallest absolute Gasteiger partial charge is 0.273 e. The summed E-state index contributed by atoms with van der Waals surface area (Å²) in [6.07, 6.45) is 4.83. The summed E-state index contributed by atoms with van der Waals surface area (Å²) in [4.78, 5) is 20.1. The molecule has 1 aromatic carbocycles. The highest BCUT2D eigenvalue weighted by molar-refractivity contribution is 5.97. The third-order valence-electron chi connectivity index (χ3n) is 2.60. The number of hydrogen-bond acceptors (Lipinski definition) is 5. The van der Waals surface area contributed by atoms with Crippen LogP contribution < -0.4 is 16.2 Å². The Morgan fingerprint density at radius 1 is 1.16 bits per heavy atom. The van der Waals surface area contributed by atoms with Gasteiger partial charge in [0.15, 0.2) is 0 Å².